The maximum Gasteiger partial charge on any atom is 0.396 e. The molecule has 5 nitrogen and oxygen atoms in total. The van der Waals surface area contributed by atoms with Crippen molar-refractivity contribution in [3.8, 4) is 0 Å². The minimum Gasteiger partial charge on any atom is -0.459 e. The van der Waals surface area contributed by atoms with E-state index in [4.69, 9.17) is 0 Å². The Morgan fingerprint density at radius 2 is 2.00 bits per heavy atom. The van der Waals surface area contributed by atoms with Crippen molar-refractivity contribution < 1.29 is 18.5 Å². The molecule has 0 spiro atoms. The Labute approximate surface area is 85.7 Å². The SMILES string of the molecule is CCOC(=O)C(=O)NCCS(=O)CC. The van der Waals surface area contributed by atoms with Gasteiger partial charge in [0, 0.05) is 28.9 Å². The lowest BCUT2D eigenvalue weighted by atomic mass is 10.6. The maximum atomic E-state index is 10.9. The number of esters is 1. The first-order chi connectivity index (χ1) is 6.61. The summed E-state index contributed by atoms with van der Waals surface area (Å²) in [6.07, 6.45) is 0. The first-order valence-electron chi connectivity index (χ1n) is 4.41. The number of hydrogen-bond acceptors (Lipinski definition) is 4. The van der Waals surface area contributed by atoms with Crippen LogP contribution in [-0.4, -0.2) is 40.7 Å². The molecule has 14 heavy (non-hydrogen) atoms. The van der Waals surface area contributed by atoms with Crippen molar-refractivity contribution in [2.45, 2.75) is 13.8 Å². The molecule has 0 bridgehead atoms. The molecule has 1 N–H and O–H groups in total. The van der Waals surface area contributed by atoms with Gasteiger partial charge in [0.25, 0.3) is 0 Å². The van der Waals surface area contributed by atoms with E-state index in [9.17, 15) is 13.8 Å². The lowest BCUT2D eigenvalue weighted by Gasteiger charge is -2.03. The van der Waals surface area contributed by atoms with Crippen molar-refractivity contribution in [3.63, 3.8) is 0 Å². The van der Waals surface area contributed by atoms with Crippen LogP contribution in [0.3, 0.4) is 0 Å². The summed E-state index contributed by atoms with van der Waals surface area (Å²) in [6, 6.07) is 0. The Morgan fingerprint density at radius 3 is 2.50 bits per heavy atom. The predicted octanol–water partition coefficient (Wildman–Crippen LogP) is -0.566. The molecule has 1 unspecified atom stereocenters. The fourth-order valence-corrected chi connectivity index (χ4v) is 1.31. The van der Waals surface area contributed by atoms with Gasteiger partial charge in [-0.3, -0.25) is 9.00 Å². The Balaban J connectivity index is 3.63. The third-order valence-corrected chi connectivity index (χ3v) is 2.70. The normalized spacial score (nSPS) is 11.9. The van der Waals surface area contributed by atoms with Crippen molar-refractivity contribution in [1.29, 1.82) is 0 Å². The molecule has 0 saturated carbocycles. The van der Waals surface area contributed by atoms with Gasteiger partial charge in [-0.15, -0.1) is 0 Å². The van der Waals surface area contributed by atoms with Crippen molar-refractivity contribution >= 4 is 22.7 Å². The highest BCUT2D eigenvalue weighted by Crippen LogP contribution is 1.81. The second-order valence-electron chi connectivity index (χ2n) is 2.41. The van der Waals surface area contributed by atoms with Gasteiger partial charge in [0.05, 0.1) is 6.61 Å². The zero-order valence-electron chi connectivity index (χ0n) is 8.37. The summed E-state index contributed by atoms with van der Waals surface area (Å²) in [5, 5.41) is 2.33. The number of hydrogen-bond donors (Lipinski definition) is 1. The molecule has 0 aliphatic heterocycles. The first-order valence-corrected chi connectivity index (χ1v) is 5.90. The predicted molar refractivity (Wildman–Crippen MR) is 53.2 cm³/mol. The number of amides is 1. The Morgan fingerprint density at radius 1 is 1.36 bits per heavy atom. The third-order valence-electron chi connectivity index (χ3n) is 1.40. The molecule has 82 valence electrons. The van der Waals surface area contributed by atoms with Gasteiger partial charge in [0.1, 0.15) is 0 Å². The van der Waals surface area contributed by atoms with Crippen molar-refractivity contribution in [1.82, 2.24) is 5.32 Å². The van der Waals surface area contributed by atoms with E-state index in [1.54, 1.807) is 13.8 Å². The summed E-state index contributed by atoms with van der Waals surface area (Å²) < 4.78 is 15.4. The molecule has 0 aromatic rings. The second kappa shape index (κ2) is 7.49. The van der Waals surface area contributed by atoms with Gasteiger partial charge in [0.2, 0.25) is 0 Å². The molecule has 0 saturated heterocycles. The summed E-state index contributed by atoms with van der Waals surface area (Å²) in [6.45, 7) is 3.83. The fraction of sp³-hybridized carbons (Fsp3) is 0.750. The zero-order chi connectivity index (χ0) is 11.0. The first kappa shape index (κ1) is 13.1. The summed E-state index contributed by atoms with van der Waals surface area (Å²) in [5.41, 5.74) is 0. The van der Waals surface area contributed by atoms with E-state index < -0.39 is 22.7 Å². The summed E-state index contributed by atoms with van der Waals surface area (Å²) in [4.78, 5) is 21.7. The van der Waals surface area contributed by atoms with E-state index in [1.807, 2.05) is 0 Å². The van der Waals surface area contributed by atoms with Gasteiger partial charge in [-0.2, -0.15) is 0 Å². The smallest absolute Gasteiger partial charge is 0.396 e. The highest BCUT2D eigenvalue weighted by molar-refractivity contribution is 7.84. The maximum absolute atomic E-state index is 10.9. The van der Waals surface area contributed by atoms with Crippen molar-refractivity contribution in [2.24, 2.45) is 0 Å². The number of carbonyl (C=O) groups is 2. The lowest BCUT2D eigenvalue weighted by molar-refractivity contribution is -0.154. The van der Waals surface area contributed by atoms with E-state index in [-0.39, 0.29) is 13.2 Å². The molecule has 6 heteroatoms. The molecule has 1 amide bonds. The second-order valence-corrected chi connectivity index (χ2v) is 4.27. The molecule has 0 aromatic carbocycles. The highest BCUT2D eigenvalue weighted by atomic mass is 32.2. The van der Waals surface area contributed by atoms with E-state index in [1.165, 1.54) is 0 Å². The molecule has 0 aliphatic carbocycles. The Bertz CT molecular complexity index is 229. The van der Waals surface area contributed by atoms with Crippen molar-refractivity contribution in [3.05, 3.63) is 0 Å². The lowest BCUT2D eigenvalue weighted by Crippen LogP contribution is -2.35. The summed E-state index contributed by atoms with van der Waals surface area (Å²) in [5.74, 6) is -0.758. The van der Waals surface area contributed by atoms with Gasteiger partial charge >= 0.3 is 11.9 Å². The standard InChI is InChI=1S/C8H15NO4S/c1-3-13-8(11)7(10)9-5-6-14(12)4-2/h3-6H2,1-2H3,(H,9,10). The average Bonchev–Trinajstić information content (AvgIpc) is 2.17. The molecule has 0 heterocycles. The Kier molecular flexibility index (Phi) is 7.00. The largest absolute Gasteiger partial charge is 0.459 e. The van der Waals surface area contributed by atoms with Crippen LogP contribution in [0.2, 0.25) is 0 Å². The van der Waals surface area contributed by atoms with Gasteiger partial charge < -0.3 is 10.1 Å². The van der Waals surface area contributed by atoms with Crippen LogP contribution in [-0.2, 0) is 25.1 Å². The van der Waals surface area contributed by atoms with Gasteiger partial charge in [-0.25, -0.2) is 4.79 Å². The number of rotatable bonds is 5. The van der Waals surface area contributed by atoms with Gasteiger partial charge in [-0.1, -0.05) is 6.92 Å². The van der Waals surface area contributed by atoms with E-state index in [0.717, 1.165) is 0 Å². The summed E-state index contributed by atoms with van der Waals surface area (Å²) in [7, 11) is -0.927. The van der Waals surface area contributed by atoms with Crippen LogP contribution in [0.1, 0.15) is 13.8 Å². The van der Waals surface area contributed by atoms with Gasteiger partial charge in [0.15, 0.2) is 0 Å². The van der Waals surface area contributed by atoms with Crippen LogP contribution in [0.25, 0.3) is 0 Å². The van der Waals surface area contributed by atoms with Crippen LogP contribution in [0.15, 0.2) is 0 Å². The Hall–Kier alpha value is -0.910. The minimum atomic E-state index is -0.927. The third kappa shape index (κ3) is 5.69. The zero-order valence-corrected chi connectivity index (χ0v) is 9.19. The quantitative estimate of drug-likeness (QED) is 0.498. The molecular formula is C8H15NO4S. The van der Waals surface area contributed by atoms with Gasteiger partial charge in [-0.05, 0) is 6.92 Å². The van der Waals surface area contributed by atoms with E-state index in [2.05, 4.69) is 10.1 Å². The topological polar surface area (TPSA) is 72.5 Å². The molecule has 0 aromatic heterocycles. The molecule has 0 fully saturated rings. The van der Waals surface area contributed by atoms with Crippen LogP contribution in [0, 0.1) is 0 Å². The number of nitrogens with one attached hydrogen (secondary N) is 1. The van der Waals surface area contributed by atoms with Crippen LogP contribution in [0.5, 0.6) is 0 Å². The number of ether oxygens (including phenoxy) is 1. The van der Waals surface area contributed by atoms with Crippen LogP contribution in [0.4, 0.5) is 0 Å². The molecule has 1 atom stereocenters. The molecular weight excluding hydrogens is 206 g/mol. The minimum absolute atomic E-state index is 0.174. The highest BCUT2D eigenvalue weighted by Gasteiger charge is 2.13. The molecule has 0 aliphatic rings. The number of carbonyl (C=O) groups excluding carboxylic acids is 2. The molecule has 0 radical (unpaired) electrons. The summed E-state index contributed by atoms with van der Waals surface area (Å²) >= 11 is 0. The van der Waals surface area contributed by atoms with Crippen molar-refractivity contribution in [2.75, 3.05) is 24.7 Å². The van der Waals surface area contributed by atoms with Crippen LogP contribution >= 0.6 is 0 Å². The average molecular weight is 221 g/mol. The molecule has 0 rings (SSSR count). The monoisotopic (exact) mass is 221 g/mol. The van der Waals surface area contributed by atoms with E-state index >= 15 is 0 Å². The van der Waals surface area contributed by atoms with E-state index in [0.29, 0.717) is 11.5 Å². The van der Waals surface area contributed by atoms with Crippen LogP contribution < -0.4 is 5.32 Å². The fourth-order valence-electron chi connectivity index (χ4n) is 0.692.